The second-order valence-electron chi connectivity index (χ2n) is 13.0. The van der Waals surface area contributed by atoms with Gasteiger partial charge >= 0.3 is 18.3 Å². The maximum Gasteiger partial charge on any atom is 0.514 e. The lowest BCUT2D eigenvalue weighted by Gasteiger charge is -2.31. The van der Waals surface area contributed by atoms with Crippen molar-refractivity contribution in [3.63, 3.8) is 0 Å². The maximum absolute atomic E-state index is 12.4. The molecule has 2 aromatic rings. The van der Waals surface area contributed by atoms with E-state index in [4.69, 9.17) is 23.7 Å². The zero-order valence-corrected chi connectivity index (χ0v) is 25.5. The number of esters is 1. The second-order valence-corrected chi connectivity index (χ2v) is 13.0. The van der Waals surface area contributed by atoms with Gasteiger partial charge in [0.05, 0.1) is 0 Å². The highest BCUT2D eigenvalue weighted by Gasteiger charge is 2.30. The lowest BCUT2D eigenvalue weighted by molar-refractivity contribution is -0.155. The third-order valence-corrected chi connectivity index (χ3v) is 5.64. The predicted octanol–water partition coefficient (Wildman–Crippen LogP) is 8.13. The van der Waals surface area contributed by atoms with Crippen LogP contribution < -0.4 is 9.47 Å². The largest absolute Gasteiger partial charge is 0.514 e. The minimum atomic E-state index is -0.777. The van der Waals surface area contributed by atoms with Gasteiger partial charge in [-0.25, -0.2) is 9.59 Å². The fourth-order valence-electron chi connectivity index (χ4n) is 3.95. The molecule has 0 spiro atoms. The molecule has 0 aliphatic carbocycles. The number of benzene rings is 2. The molecule has 0 bridgehead atoms. The summed E-state index contributed by atoms with van der Waals surface area (Å²) in [6, 6.07) is 14.4. The van der Waals surface area contributed by atoms with Crippen LogP contribution in [0.4, 0.5) is 9.59 Å². The van der Waals surface area contributed by atoms with Crippen molar-refractivity contribution < 1.29 is 38.1 Å². The van der Waals surface area contributed by atoms with Crippen molar-refractivity contribution in [2.45, 2.75) is 111 Å². The van der Waals surface area contributed by atoms with Gasteiger partial charge in [0.15, 0.2) is 0 Å². The molecule has 0 aliphatic rings. The van der Waals surface area contributed by atoms with E-state index in [1.807, 2.05) is 45.0 Å². The normalized spacial score (nSPS) is 12.3. The lowest BCUT2D eigenvalue weighted by Crippen LogP contribution is -2.27. The molecule has 0 radical (unpaired) electrons. The van der Waals surface area contributed by atoms with Crippen molar-refractivity contribution in [1.82, 2.24) is 0 Å². The van der Waals surface area contributed by atoms with E-state index in [0.717, 1.165) is 11.1 Å². The van der Waals surface area contributed by atoms with Crippen LogP contribution in [0.5, 0.6) is 11.5 Å². The summed E-state index contributed by atoms with van der Waals surface area (Å²) in [5.74, 6) is 0.461. The summed E-state index contributed by atoms with van der Waals surface area (Å²) < 4.78 is 26.6. The van der Waals surface area contributed by atoms with Gasteiger partial charge in [0.25, 0.3) is 0 Å². The summed E-state index contributed by atoms with van der Waals surface area (Å²) in [7, 11) is 0. The van der Waals surface area contributed by atoms with E-state index < -0.39 is 34.5 Å². The Morgan fingerprint density at radius 2 is 0.900 bits per heavy atom. The zero-order valence-electron chi connectivity index (χ0n) is 25.5. The molecule has 0 atom stereocenters. The van der Waals surface area contributed by atoms with Gasteiger partial charge in [-0.05, 0) is 111 Å². The van der Waals surface area contributed by atoms with Crippen molar-refractivity contribution in [3.8, 4) is 11.5 Å². The summed E-state index contributed by atoms with van der Waals surface area (Å²) >= 11 is 0. The first-order chi connectivity index (χ1) is 18.3. The molecule has 0 unspecified atom stereocenters. The highest BCUT2D eigenvalue weighted by atomic mass is 16.7. The number of hydrogen-bond acceptors (Lipinski definition) is 8. The smallest absolute Gasteiger partial charge is 0.460 e. The van der Waals surface area contributed by atoms with Crippen LogP contribution in [0.15, 0.2) is 48.5 Å². The highest BCUT2D eigenvalue weighted by molar-refractivity contribution is 5.70. The summed E-state index contributed by atoms with van der Waals surface area (Å²) in [4.78, 5) is 36.5. The summed E-state index contributed by atoms with van der Waals surface area (Å²) in [5, 5.41) is 0. The van der Waals surface area contributed by atoms with Crippen LogP contribution in [-0.4, -0.2) is 35.1 Å². The Labute approximate surface area is 238 Å². The third kappa shape index (κ3) is 11.3. The zero-order chi connectivity index (χ0) is 30.4. The van der Waals surface area contributed by atoms with Crippen LogP contribution in [-0.2, 0) is 24.4 Å². The number of carbonyl (C=O) groups excluding carboxylic acids is 3. The average molecular weight is 557 g/mol. The van der Waals surface area contributed by atoms with Gasteiger partial charge in [-0.2, -0.15) is 0 Å². The van der Waals surface area contributed by atoms with Gasteiger partial charge in [-0.1, -0.05) is 31.2 Å². The molecule has 2 rings (SSSR count). The molecule has 0 aromatic heterocycles. The van der Waals surface area contributed by atoms with Crippen LogP contribution in [0.2, 0.25) is 0 Å². The first-order valence-corrected chi connectivity index (χ1v) is 13.5. The topological polar surface area (TPSA) is 97.4 Å². The van der Waals surface area contributed by atoms with Gasteiger partial charge in [-0.15, -0.1) is 0 Å². The quantitative estimate of drug-likeness (QED) is 0.183. The molecule has 0 saturated heterocycles. The van der Waals surface area contributed by atoms with Crippen LogP contribution in [0.3, 0.4) is 0 Å². The van der Waals surface area contributed by atoms with E-state index in [0.29, 0.717) is 24.3 Å². The standard InChI is InChI=1S/C32H44O8/c1-29(2,3)38-26(33)12-11-21-32(10,22-13-17-24(18-14-22)36-27(34)39-30(4,5)6)23-15-19-25(20-16-23)37-28(35)40-31(7,8)9/h13-20H,11-12,21H2,1-10H3. The van der Waals surface area contributed by atoms with E-state index >= 15 is 0 Å². The average Bonchev–Trinajstić information content (AvgIpc) is 2.76. The van der Waals surface area contributed by atoms with E-state index in [2.05, 4.69) is 6.92 Å². The van der Waals surface area contributed by atoms with Crippen molar-refractivity contribution in [2.24, 2.45) is 0 Å². The molecule has 0 amide bonds. The fourth-order valence-corrected chi connectivity index (χ4v) is 3.95. The SMILES string of the molecule is CC(C)(C)OC(=O)CCCC(C)(c1ccc(OC(=O)OC(C)(C)C)cc1)c1ccc(OC(=O)OC(C)(C)C)cc1. The number of rotatable bonds is 8. The Bertz CT molecular complexity index is 1070. The molecule has 8 nitrogen and oxygen atoms in total. The summed E-state index contributed by atoms with van der Waals surface area (Å²) in [6.07, 6.45) is -0.0726. The summed E-state index contributed by atoms with van der Waals surface area (Å²) in [5.41, 5.74) is -0.486. The fraction of sp³-hybridized carbons (Fsp3) is 0.531. The molecule has 0 fully saturated rings. The highest BCUT2D eigenvalue weighted by Crippen LogP contribution is 2.38. The molecule has 220 valence electrons. The number of hydrogen-bond donors (Lipinski definition) is 0. The van der Waals surface area contributed by atoms with Crippen molar-refractivity contribution in [1.29, 1.82) is 0 Å². The first-order valence-electron chi connectivity index (χ1n) is 13.5. The van der Waals surface area contributed by atoms with Gasteiger partial charge < -0.3 is 23.7 Å². The minimum Gasteiger partial charge on any atom is -0.460 e. The van der Waals surface area contributed by atoms with E-state index in [1.165, 1.54) is 0 Å². The number of ether oxygens (including phenoxy) is 5. The molecule has 40 heavy (non-hydrogen) atoms. The van der Waals surface area contributed by atoms with Gasteiger partial charge in [0.1, 0.15) is 28.3 Å². The Hall–Kier alpha value is -3.55. The summed E-state index contributed by atoms with van der Waals surface area (Å²) in [6.45, 7) is 18.2. The van der Waals surface area contributed by atoms with Crippen molar-refractivity contribution in [3.05, 3.63) is 59.7 Å². The van der Waals surface area contributed by atoms with Gasteiger partial charge in [0, 0.05) is 11.8 Å². The van der Waals surface area contributed by atoms with Crippen LogP contribution >= 0.6 is 0 Å². The lowest BCUT2D eigenvalue weighted by atomic mass is 9.72. The van der Waals surface area contributed by atoms with Crippen molar-refractivity contribution in [2.75, 3.05) is 0 Å². The first kappa shape index (κ1) is 32.7. The van der Waals surface area contributed by atoms with Crippen LogP contribution in [0, 0.1) is 0 Å². The monoisotopic (exact) mass is 556 g/mol. The number of carbonyl (C=O) groups is 3. The molecule has 0 heterocycles. The molecule has 0 N–H and O–H groups in total. The molecule has 8 heteroatoms. The second kappa shape index (κ2) is 12.7. The third-order valence-electron chi connectivity index (χ3n) is 5.64. The van der Waals surface area contributed by atoms with E-state index in [1.54, 1.807) is 65.8 Å². The van der Waals surface area contributed by atoms with Crippen molar-refractivity contribution >= 4 is 18.3 Å². The molecular formula is C32H44O8. The molecule has 0 saturated carbocycles. The van der Waals surface area contributed by atoms with E-state index in [-0.39, 0.29) is 12.4 Å². The Morgan fingerprint density at radius 1 is 0.550 bits per heavy atom. The molecular weight excluding hydrogens is 512 g/mol. The minimum absolute atomic E-state index is 0.253. The maximum atomic E-state index is 12.4. The van der Waals surface area contributed by atoms with Crippen LogP contribution in [0.1, 0.15) is 99.6 Å². The predicted molar refractivity (Wildman–Crippen MR) is 153 cm³/mol. The Kier molecular flexibility index (Phi) is 10.4. The molecule has 0 aliphatic heterocycles. The Balaban J connectivity index is 2.27. The molecule has 2 aromatic carbocycles. The van der Waals surface area contributed by atoms with Crippen LogP contribution in [0.25, 0.3) is 0 Å². The van der Waals surface area contributed by atoms with Gasteiger partial charge in [0.2, 0.25) is 0 Å². The van der Waals surface area contributed by atoms with E-state index in [9.17, 15) is 14.4 Å². The Morgan fingerprint density at radius 3 is 1.23 bits per heavy atom. The van der Waals surface area contributed by atoms with Gasteiger partial charge in [-0.3, -0.25) is 4.79 Å².